The minimum atomic E-state index is -0.318. The molecule has 0 spiro atoms. The van der Waals surface area contributed by atoms with Crippen LogP contribution in [0, 0.1) is 6.92 Å². The average molecular weight is 416 g/mol. The van der Waals surface area contributed by atoms with Gasteiger partial charge in [-0.1, -0.05) is 29.8 Å². The third kappa shape index (κ3) is 3.75. The first-order valence-electron chi connectivity index (χ1n) is 9.92. The third-order valence-electron chi connectivity index (χ3n) is 5.09. The zero-order valence-electron chi connectivity index (χ0n) is 16.9. The summed E-state index contributed by atoms with van der Waals surface area (Å²) in [6.07, 6.45) is 3.23. The first-order chi connectivity index (χ1) is 15.1. The Labute approximate surface area is 177 Å². The Morgan fingerprint density at radius 3 is 2.61 bits per heavy atom. The number of hydrogen-bond acceptors (Lipinski definition) is 5. The lowest BCUT2D eigenvalue weighted by Gasteiger charge is -2.19. The lowest BCUT2D eigenvalue weighted by molar-refractivity contribution is -0.116. The van der Waals surface area contributed by atoms with Gasteiger partial charge >= 0.3 is 0 Å². The van der Waals surface area contributed by atoms with Gasteiger partial charge in [0.25, 0.3) is 5.56 Å². The Balaban J connectivity index is 1.36. The molecule has 2 aromatic heterocycles. The van der Waals surface area contributed by atoms with Gasteiger partial charge < -0.3 is 19.4 Å². The van der Waals surface area contributed by atoms with Gasteiger partial charge in [-0.3, -0.25) is 9.59 Å². The van der Waals surface area contributed by atoms with Crippen molar-refractivity contribution in [2.24, 2.45) is 0 Å². The van der Waals surface area contributed by atoms with Gasteiger partial charge in [0, 0.05) is 29.7 Å². The molecule has 0 aliphatic carbocycles. The summed E-state index contributed by atoms with van der Waals surface area (Å²) in [6.45, 7) is 2.87. The van der Waals surface area contributed by atoms with Crippen LogP contribution >= 0.6 is 0 Å². The maximum atomic E-state index is 12.9. The van der Waals surface area contributed by atoms with Gasteiger partial charge in [-0.2, -0.15) is 5.10 Å². The summed E-state index contributed by atoms with van der Waals surface area (Å²) in [6, 6.07) is 14.9. The molecule has 5 rings (SSSR count). The number of benzene rings is 2. The lowest BCUT2D eigenvalue weighted by Crippen LogP contribution is -2.28. The Hall–Kier alpha value is -4.07. The summed E-state index contributed by atoms with van der Waals surface area (Å²) in [4.78, 5) is 25.4. The van der Waals surface area contributed by atoms with E-state index in [9.17, 15) is 9.59 Å². The molecule has 1 amide bonds. The van der Waals surface area contributed by atoms with Gasteiger partial charge in [0.05, 0.1) is 5.69 Å². The second-order valence-electron chi connectivity index (χ2n) is 7.36. The number of anilines is 1. The molecule has 1 aliphatic heterocycles. The molecule has 31 heavy (non-hydrogen) atoms. The molecule has 0 atom stereocenters. The van der Waals surface area contributed by atoms with Crippen LogP contribution in [0.15, 0.2) is 65.7 Å². The smallest absolute Gasteiger partial charge is 0.277 e. The summed E-state index contributed by atoms with van der Waals surface area (Å²) in [5, 5.41) is 7.27. The first-order valence-corrected chi connectivity index (χ1v) is 9.92. The normalized spacial score (nSPS) is 12.7. The molecule has 8 nitrogen and oxygen atoms in total. The summed E-state index contributed by atoms with van der Waals surface area (Å²) < 4.78 is 13.9. The maximum Gasteiger partial charge on any atom is 0.277 e. The standard InChI is InChI=1S/C23H20N4O4/c1-15-2-4-16(5-3-15)18-13-19-23(29)26(8-9-27(19)25-18)14-22(28)24-17-6-7-20-21(12-17)31-11-10-30-20/h2-9,12-13H,10-11,14H2,1H3,(H,24,28). The SMILES string of the molecule is Cc1ccc(-c2cc3c(=O)n(CC(=O)Nc4ccc5c(c4)OCCO5)ccn3n2)cc1. The fourth-order valence-electron chi connectivity index (χ4n) is 3.49. The van der Waals surface area contributed by atoms with Gasteiger partial charge in [0.1, 0.15) is 25.3 Å². The Bertz CT molecular complexity index is 1340. The predicted molar refractivity (Wildman–Crippen MR) is 116 cm³/mol. The van der Waals surface area contributed by atoms with Crippen LogP contribution in [0.5, 0.6) is 11.5 Å². The molecule has 8 heteroatoms. The van der Waals surface area contributed by atoms with Gasteiger partial charge in [0.15, 0.2) is 11.5 Å². The summed E-state index contributed by atoms with van der Waals surface area (Å²) in [5.74, 6) is 0.919. The Morgan fingerprint density at radius 1 is 1.03 bits per heavy atom. The molecule has 1 N–H and O–H groups in total. The quantitative estimate of drug-likeness (QED) is 0.553. The number of aryl methyl sites for hydroxylation is 1. The van der Waals surface area contributed by atoms with Crippen molar-refractivity contribution in [1.29, 1.82) is 0 Å². The van der Waals surface area contributed by atoms with E-state index in [2.05, 4.69) is 10.4 Å². The van der Waals surface area contributed by atoms with Gasteiger partial charge in [0.2, 0.25) is 5.91 Å². The van der Waals surface area contributed by atoms with Crippen LogP contribution < -0.4 is 20.3 Å². The number of carbonyl (C=O) groups excluding carboxylic acids is 1. The molecular formula is C23H20N4O4. The third-order valence-corrected chi connectivity index (χ3v) is 5.09. The van der Waals surface area contributed by atoms with Crippen LogP contribution in [-0.4, -0.2) is 33.3 Å². The fourth-order valence-corrected chi connectivity index (χ4v) is 3.49. The number of ether oxygens (including phenoxy) is 2. The average Bonchev–Trinajstić information content (AvgIpc) is 3.21. The summed E-state index contributed by atoms with van der Waals surface area (Å²) >= 11 is 0. The van der Waals surface area contributed by atoms with E-state index in [1.165, 1.54) is 9.08 Å². The largest absolute Gasteiger partial charge is 0.486 e. The van der Waals surface area contributed by atoms with Crippen molar-refractivity contribution in [3.8, 4) is 22.8 Å². The van der Waals surface area contributed by atoms with Crippen LogP contribution in [0.4, 0.5) is 5.69 Å². The number of aromatic nitrogens is 3. The van der Waals surface area contributed by atoms with Crippen molar-refractivity contribution in [3.05, 3.63) is 76.8 Å². The van der Waals surface area contributed by atoms with Crippen LogP contribution in [-0.2, 0) is 11.3 Å². The van der Waals surface area contributed by atoms with Crippen LogP contribution in [0.3, 0.4) is 0 Å². The number of nitrogens with zero attached hydrogens (tertiary/aromatic N) is 3. The number of carbonyl (C=O) groups is 1. The number of rotatable bonds is 4. The van der Waals surface area contributed by atoms with Crippen molar-refractivity contribution in [2.45, 2.75) is 13.5 Å². The highest BCUT2D eigenvalue weighted by Crippen LogP contribution is 2.32. The van der Waals surface area contributed by atoms with E-state index in [0.717, 1.165) is 11.1 Å². The van der Waals surface area contributed by atoms with E-state index in [-0.39, 0.29) is 18.0 Å². The van der Waals surface area contributed by atoms with Crippen LogP contribution in [0.2, 0.25) is 0 Å². The minimum absolute atomic E-state index is 0.116. The van der Waals surface area contributed by atoms with Crippen molar-refractivity contribution in [1.82, 2.24) is 14.2 Å². The molecule has 0 saturated carbocycles. The highest BCUT2D eigenvalue weighted by atomic mass is 16.6. The van der Waals surface area contributed by atoms with Crippen molar-refractivity contribution >= 4 is 17.1 Å². The van der Waals surface area contributed by atoms with E-state index in [1.807, 2.05) is 31.2 Å². The zero-order valence-corrected chi connectivity index (χ0v) is 16.9. The lowest BCUT2D eigenvalue weighted by atomic mass is 10.1. The fraction of sp³-hybridized carbons (Fsp3) is 0.174. The molecule has 0 unspecified atom stereocenters. The van der Waals surface area contributed by atoms with Gasteiger partial charge in [-0.15, -0.1) is 0 Å². The van der Waals surface area contributed by atoms with Crippen molar-refractivity contribution < 1.29 is 14.3 Å². The molecule has 4 aromatic rings. The highest BCUT2D eigenvalue weighted by Gasteiger charge is 2.14. The van der Waals surface area contributed by atoms with E-state index >= 15 is 0 Å². The van der Waals surface area contributed by atoms with E-state index in [4.69, 9.17) is 9.47 Å². The molecule has 0 fully saturated rings. The monoisotopic (exact) mass is 416 g/mol. The minimum Gasteiger partial charge on any atom is -0.486 e. The second-order valence-corrected chi connectivity index (χ2v) is 7.36. The van der Waals surface area contributed by atoms with Crippen LogP contribution in [0.1, 0.15) is 5.56 Å². The van der Waals surface area contributed by atoms with Gasteiger partial charge in [-0.25, -0.2) is 4.52 Å². The van der Waals surface area contributed by atoms with Crippen LogP contribution in [0.25, 0.3) is 16.8 Å². The maximum absolute atomic E-state index is 12.9. The van der Waals surface area contributed by atoms with Crippen molar-refractivity contribution in [2.75, 3.05) is 18.5 Å². The molecule has 156 valence electrons. The molecule has 3 heterocycles. The van der Waals surface area contributed by atoms with E-state index in [0.29, 0.717) is 41.6 Å². The van der Waals surface area contributed by atoms with E-state index < -0.39 is 0 Å². The molecule has 2 aromatic carbocycles. The summed E-state index contributed by atoms with van der Waals surface area (Å²) in [7, 11) is 0. The molecule has 0 bridgehead atoms. The number of hydrogen-bond donors (Lipinski definition) is 1. The zero-order chi connectivity index (χ0) is 21.4. The van der Waals surface area contributed by atoms with Gasteiger partial charge in [-0.05, 0) is 25.1 Å². The first kappa shape index (κ1) is 18.9. The predicted octanol–water partition coefficient (Wildman–Crippen LogP) is 2.88. The highest BCUT2D eigenvalue weighted by molar-refractivity contribution is 5.91. The number of amides is 1. The van der Waals surface area contributed by atoms with Crippen molar-refractivity contribution in [3.63, 3.8) is 0 Å². The molecule has 1 aliphatic rings. The Kier molecular flexibility index (Phi) is 4.66. The second kappa shape index (κ2) is 7.64. The summed E-state index contributed by atoms with van der Waals surface area (Å²) in [5.41, 5.74) is 3.48. The topological polar surface area (TPSA) is 86.9 Å². The molecule has 0 radical (unpaired) electrons. The number of nitrogens with one attached hydrogen (secondary N) is 1. The Morgan fingerprint density at radius 2 is 1.81 bits per heavy atom. The molecular weight excluding hydrogens is 396 g/mol. The van der Waals surface area contributed by atoms with E-state index in [1.54, 1.807) is 36.7 Å². The number of fused-ring (bicyclic) bond motifs is 2. The molecule has 0 saturated heterocycles.